The Labute approximate surface area is 147 Å². The molecular weight excluding hydrogens is 350 g/mol. The first-order valence-electron chi connectivity index (χ1n) is 7.51. The van der Waals surface area contributed by atoms with Gasteiger partial charge in [-0.2, -0.15) is 5.10 Å². The fraction of sp³-hybridized carbons (Fsp3) is 0.235. The molecule has 1 aromatic carbocycles. The molecule has 0 saturated heterocycles. The summed E-state index contributed by atoms with van der Waals surface area (Å²) < 4.78 is 29.2. The van der Waals surface area contributed by atoms with Crippen LogP contribution in [0, 0.1) is 11.6 Å². The Kier molecular flexibility index (Phi) is 4.78. The van der Waals surface area contributed by atoms with Crippen molar-refractivity contribution in [3.8, 4) is 0 Å². The molecule has 1 N–H and O–H groups in total. The Balaban J connectivity index is 2.13. The molecule has 0 aliphatic heterocycles. The van der Waals surface area contributed by atoms with Crippen LogP contribution in [0.5, 0.6) is 0 Å². The van der Waals surface area contributed by atoms with E-state index < -0.39 is 23.2 Å². The smallest absolute Gasteiger partial charge is 0.137 e. The molecule has 0 saturated carbocycles. The Morgan fingerprint density at radius 1 is 1.28 bits per heavy atom. The number of aromatic nitrogens is 4. The van der Waals surface area contributed by atoms with Gasteiger partial charge in [0.05, 0.1) is 11.6 Å². The van der Waals surface area contributed by atoms with Crippen LogP contribution in [0.25, 0.3) is 0 Å². The standard InChI is InChI=1S/C17H15ClF2N4O/c1-11(13-4-5-21-7-15(13)18)17(25,8-24-10-22-9-23-24)14-3-2-12(19)6-16(14)20/h2-7,9-11,25H,8H2,1H3. The third kappa shape index (κ3) is 3.38. The molecule has 3 rings (SSSR count). The van der Waals surface area contributed by atoms with Crippen LogP contribution in [0.4, 0.5) is 8.78 Å². The zero-order valence-electron chi connectivity index (χ0n) is 13.3. The monoisotopic (exact) mass is 364 g/mol. The van der Waals surface area contributed by atoms with Crippen molar-refractivity contribution >= 4 is 11.6 Å². The summed E-state index contributed by atoms with van der Waals surface area (Å²) in [7, 11) is 0. The zero-order chi connectivity index (χ0) is 18.0. The van der Waals surface area contributed by atoms with Gasteiger partial charge >= 0.3 is 0 Å². The Hall–Kier alpha value is -2.38. The lowest BCUT2D eigenvalue weighted by Crippen LogP contribution is -2.38. The van der Waals surface area contributed by atoms with Crippen molar-refractivity contribution in [1.82, 2.24) is 19.7 Å². The fourth-order valence-corrected chi connectivity index (χ4v) is 3.13. The van der Waals surface area contributed by atoms with Gasteiger partial charge < -0.3 is 5.11 Å². The van der Waals surface area contributed by atoms with E-state index in [0.29, 0.717) is 10.6 Å². The van der Waals surface area contributed by atoms with Gasteiger partial charge in [0.1, 0.15) is 29.9 Å². The first kappa shape index (κ1) is 17.4. The third-order valence-corrected chi connectivity index (χ3v) is 4.57. The minimum absolute atomic E-state index is 0.0511. The summed E-state index contributed by atoms with van der Waals surface area (Å²) in [6.07, 6.45) is 5.71. The quantitative estimate of drug-likeness (QED) is 0.754. The van der Waals surface area contributed by atoms with Gasteiger partial charge in [0, 0.05) is 29.9 Å². The summed E-state index contributed by atoms with van der Waals surface area (Å²) in [6, 6.07) is 4.72. The van der Waals surface area contributed by atoms with Crippen LogP contribution in [0.1, 0.15) is 24.0 Å². The lowest BCUT2D eigenvalue weighted by molar-refractivity contribution is -0.0112. The molecule has 0 aliphatic carbocycles. The highest BCUT2D eigenvalue weighted by Crippen LogP contribution is 2.41. The van der Waals surface area contributed by atoms with Crippen LogP contribution < -0.4 is 0 Å². The van der Waals surface area contributed by atoms with Gasteiger partial charge in [-0.05, 0) is 17.7 Å². The third-order valence-electron chi connectivity index (χ3n) is 4.25. The predicted molar refractivity (Wildman–Crippen MR) is 87.9 cm³/mol. The topological polar surface area (TPSA) is 63.8 Å². The SMILES string of the molecule is CC(c1ccncc1Cl)C(O)(Cn1cncn1)c1ccc(F)cc1F. The van der Waals surface area contributed by atoms with Crippen molar-refractivity contribution in [2.45, 2.75) is 25.0 Å². The normalized spacial score (nSPS) is 14.9. The number of hydrogen-bond donors (Lipinski definition) is 1. The van der Waals surface area contributed by atoms with Crippen LogP contribution in [0.3, 0.4) is 0 Å². The molecule has 0 spiro atoms. The second kappa shape index (κ2) is 6.85. The van der Waals surface area contributed by atoms with Crippen molar-refractivity contribution in [2.75, 3.05) is 0 Å². The van der Waals surface area contributed by atoms with Gasteiger partial charge in [0.25, 0.3) is 0 Å². The molecule has 0 radical (unpaired) electrons. The number of nitrogens with zero attached hydrogens (tertiary/aromatic N) is 4. The van der Waals surface area contributed by atoms with E-state index in [-0.39, 0.29) is 12.1 Å². The number of aliphatic hydroxyl groups is 1. The van der Waals surface area contributed by atoms with Crippen molar-refractivity contribution in [3.63, 3.8) is 0 Å². The zero-order valence-corrected chi connectivity index (χ0v) is 14.0. The Morgan fingerprint density at radius 3 is 2.72 bits per heavy atom. The van der Waals surface area contributed by atoms with Crippen LogP contribution >= 0.6 is 11.6 Å². The van der Waals surface area contributed by atoms with E-state index in [0.717, 1.165) is 12.1 Å². The second-order valence-corrected chi connectivity index (χ2v) is 6.17. The van der Waals surface area contributed by atoms with Gasteiger partial charge in [-0.1, -0.05) is 24.6 Å². The van der Waals surface area contributed by atoms with Crippen molar-refractivity contribution in [3.05, 3.63) is 77.1 Å². The van der Waals surface area contributed by atoms with E-state index in [1.54, 1.807) is 13.0 Å². The lowest BCUT2D eigenvalue weighted by atomic mass is 9.78. The maximum atomic E-state index is 14.5. The summed E-state index contributed by atoms with van der Waals surface area (Å²) in [5, 5.41) is 15.8. The predicted octanol–water partition coefficient (Wildman–Crippen LogP) is 3.30. The number of rotatable bonds is 5. The summed E-state index contributed by atoms with van der Waals surface area (Å²) in [4.78, 5) is 7.76. The van der Waals surface area contributed by atoms with Crippen molar-refractivity contribution in [2.24, 2.45) is 0 Å². The van der Waals surface area contributed by atoms with Gasteiger partial charge in [-0.3, -0.25) is 4.98 Å². The molecule has 3 aromatic rings. The average molecular weight is 365 g/mol. The van der Waals surface area contributed by atoms with E-state index in [1.807, 2.05) is 0 Å². The van der Waals surface area contributed by atoms with E-state index in [2.05, 4.69) is 15.1 Å². The lowest BCUT2D eigenvalue weighted by Gasteiger charge is -2.35. The van der Waals surface area contributed by atoms with E-state index in [9.17, 15) is 13.9 Å². The molecule has 8 heteroatoms. The van der Waals surface area contributed by atoms with Crippen LogP contribution in [0.15, 0.2) is 49.3 Å². The number of pyridine rings is 1. The number of hydrogen-bond acceptors (Lipinski definition) is 4. The van der Waals surface area contributed by atoms with E-state index in [4.69, 9.17) is 11.6 Å². The largest absolute Gasteiger partial charge is 0.382 e. The molecule has 0 fully saturated rings. The Morgan fingerprint density at radius 2 is 2.08 bits per heavy atom. The highest BCUT2D eigenvalue weighted by atomic mass is 35.5. The minimum atomic E-state index is -1.74. The molecule has 0 amide bonds. The Bertz CT molecular complexity index is 875. The maximum Gasteiger partial charge on any atom is 0.137 e. The van der Waals surface area contributed by atoms with Crippen molar-refractivity contribution < 1.29 is 13.9 Å². The molecule has 2 aromatic heterocycles. The first-order valence-corrected chi connectivity index (χ1v) is 7.89. The molecule has 5 nitrogen and oxygen atoms in total. The number of halogens is 3. The highest BCUT2D eigenvalue weighted by Gasteiger charge is 2.40. The van der Waals surface area contributed by atoms with Gasteiger partial charge in [-0.15, -0.1) is 0 Å². The molecular formula is C17H15ClF2N4O. The summed E-state index contributed by atoms with van der Waals surface area (Å²) >= 11 is 6.20. The summed E-state index contributed by atoms with van der Waals surface area (Å²) in [6.45, 7) is 1.62. The van der Waals surface area contributed by atoms with Crippen molar-refractivity contribution in [1.29, 1.82) is 0 Å². The molecule has 130 valence electrons. The van der Waals surface area contributed by atoms with Crippen LogP contribution in [-0.4, -0.2) is 24.9 Å². The minimum Gasteiger partial charge on any atom is -0.382 e. The number of benzene rings is 1. The first-order chi connectivity index (χ1) is 11.9. The second-order valence-electron chi connectivity index (χ2n) is 5.76. The van der Waals surface area contributed by atoms with Gasteiger partial charge in [-0.25, -0.2) is 18.4 Å². The molecule has 25 heavy (non-hydrogen) atoms. The van der Waals surface area contributed by atoms with Gasteiger partial charge in [0.15, 0.2) is 0 Å². The highest BCUT2D eigenvalue weighted by molar-refractivity contribution is 6.31. The molecule has 2 heterocycles. The molecule has 2 atom stereocenters. The average Bonchev–Trinajstić information content (AvgIpc) is 3.07. The summed E-state index contributed by atoms with van der Waals surface area (Å²) in [5.74, 6) is -2.20. The van der Waals surface area contributed by atoms with Gasteiger partial charge in [0.2, 0.25) is 0 Å². The molecule has 0 aliphatic rings. The van der Waals surface area contributed by atoms with E-state index >= 15 is 0 Å². The molecule has 0 bridgehead atoms. The van der Waals surface area contributed by atoms with E-state index in [1.165, 1.54) is 35.8 Å². The fourth-order valence-electron chi connectivity index (χ4n) is 2.85. The summed E-state index contributed by atoms with van der Waals surface area (Å²) in [5.41, 5.74) is -1.20. The molecule has 2 unspecified atom stereocenters. The maximum absolute atomic E-state index is 14.5. The van der Waals surface area contributed by atoms with Crippen LogP contribution in [0.2, 0.25) is 5.02 Å². The van der Waals surface area contributed by atoms with Crippen LogP contribution in [-0.2, 0) is 12.1 Å².